The van der Waals surface area contributed by atoms with Gasteiger partial charge in [-0.05, 0) is 22.0 Å². The first-order valence-corrected chi connectivity index (χ1v) is 9.09. The summed E-state index contributed by atoms with van der Waals surface area (Å²) in [5.74, 6) is 1.09. The zero-order chi connectivity index (χ0) is 19.2. The van der Waals surface area contributed by atoms with Crippen LogP contribution in [0, 0.1) is 0 Å². The van der Waals surface area contributed by atoms with Crippen molar-refractivity contribution in [2.45, 2.75) is 6.18 Å². The quantitative estimate of drug-likeness (QED) is 0.628. The molecule has 0 radical (unpaired) electrons. The minimum Gasteiger partial charge on any atom is -0.352 e. The molecule has 4 rings (SSSR count). The third kappa shape index (κ3) is 3.41. The van der Waals surface area contributed by atoms with E-state index in [0.29, 0.717) is 42.2 Å². The van der Waals surface area contributed by atoms with Crippen molar-refractivity contribution in [2.75, 3.05) is 36.0 Å². The van der Waals surface area contributed by atoms with Crippen LogP contribution >= 0.6 is 27.5 Å². The maximum Gasteiger partial charge on any atom is 0.417 e. The van der Waals surface area contributed by atoms with Crippen molar-refractivity contribution in [2.24, 2.45) is 0 Å². The summed E-state index contributed by atoms with van der Waals surface area (Å²) in [6.45, 7) is 2.28. The van der Waals surface area contributed by atoms with E-state index >= 15 is 0 Å². The third-order valence-electron chi connectivity index (χ3n) is 4.31. The highest BCUT2D eigenvalue weighted by Crippen LogP contribution is 2.34. The molecule has 0 bridgehead atoms. The van der Waals surface area contributed by atoms with Crippen molar-refractivity contribution in [1.82, 2.24) is 25.1 Å². The molecule has 0 amide bonds. The van der Waals surface area contributed by atoms with Crippen molar-refractivity contribution in [3.63, 3.8) is 0 Å². The van der Waals surface area contributed by atoms with E-state index in [9.17, 15) is 13.2 Å². The molecule has 1 N–H and O–H groups in total. The highest BCUT2D eigenvalue weighted by Gasteiger charge is 2.32. The Morgan fingerprint density at radius 3 is 2.33 bits per heavy atom. The van der Waals surface area contributed by atoms with Gasteiger partial charge in [0.15, 0.2) is 5.65 Å². The number of hydrogen-bond acceptors (Lipinski definition) is 6. The smallest absolute Gasteiger partial charge is 0.352 e. The maximum atomic E-state index is 12.8. The molecule has 7 nitrogen and oxygen atoms in total. The molecule has 1 aliphatic rings. The molecule has 1 saturated heterocycles. The predicted molar refractivity (Wildman–Crippen MR) is 98.1 cm³/mol. The van der Waals surface area contributed by atoms with Gasteiger partial charge in [0.25, 0.3) is 0 Å². The fraction of sp³-hybridized carbons (Fsp3) is 0.333. The number of hydrogen-bond donors (Lipinski definition) is 1. The van der Waals surface area contributed by atoms with E-state index in [1.807, 2.05) is 4.90 Å². The highest BCUT2D eigenvalue weighted by atomic mass is 79.9. The summed E-state index contributed by atoms with van der Waals surface area (Å²) in [5, 5.41) is 7.69. The number of piperazine rings is 1. The largest absolute Gasteiger partial charge is 0.417 e. The number of halogens is 5. The number of aromatic amines is 1. The van der Waals surface area contributed by atoms with Crippen LogP contribution in [0.25, 0.3) is 11.0 Å². The molecule has 0 spiro atoms. The average Bonchev–Trinajstić information content (AvgIpc) is 3.02. The van der Waals surface area contributed by atoms with Gasteiger partial charge in [-0.1, -0.05) is 11.6 Å². The lowest BCUT2D eigenvalue weighted by Gasteiger charge is -2.36. The fourth-order valence-electron chi connectivity index (χ4n) is 2.99. The molecule has 1 aliphatic heterocycles. The summed E-state index contributed by atoms with van der Waals surface area (Å²) in [6.07, 6.45) is -2.21. The van der Waals surface area contributed by atoms with Gasteiger partial charge in [0, 0.05) is 32.4 Å². The van der Waals surface area contributed by atoms with E-state index in [-0.39, 0.29) is 5.02 Å². The topological polar surface area (TPSA) is 73.8 Å². The summed E-state index contributed by atoms with van der Waals surface area (Å²) in [6, 6.07) is 0.910. The lowest BCUT2D eigenvalue weighted by atomic mass is 10.2. The first-order valence-electron chi connectivity index (χ1n) is 7.92. The SMILES string of the molecule is FC(F)(F)c1cnc(N2CCN(c3ncnc4n[nH]c(Br)c34)CC2)c(Cl)c1. The van der Waals surface area contributed by atoms with Gasteiger partial charge in [0.1, 0.15) is 22.6 Å². The lowest BCUT2D eigenvalue weighted by Crippen LogP contribution is -2.47. The van der Waals surface area contributed by atoms with Gasteiger partial charge < -0.3 is 9.80 Å². The standard InChI is InChI=1S/C15H12BrClF3N7/c16-11-10-12(25-24-11)22-7-23-14(10)27-3-1-26(2-4-27)13-9(17)5-8(6-21-13)15(18,19)20/h5-7H,1-4H2,(H,22,23,24,25). The van der Waals surface area contributed by atoms with Crippen molar-refractivity contribution >= 4 is 50.2 Å². The minimum atomic E-state index is -4.47. The molecule has 27 heavy (non-hydrogen) atoms. The van der Waals surface area contributed by atoms with Gasteiger partial charge in [-0.15, -0.1) is 0 Å². The monoisotopic (exact) mass is 461 g/mol. The Morgan fingerprint density at radius 2 is 1.70 bits per heavy atom. The molecular formula is C15H12BrClF3N7. The Hall–Kier alpha value is -2.14. The van der Waals surface area contributed by atoms with E-state index in [1.165, 1.54) is 6.33 Å². The molecule has 12 heteroatoms. The second-order valence-electron chi connectivity index (χ2n) is 5.93. The number of nitrogens with zero attached hydrogens (tertiary/aromatic N) is 6. The first kappa shape index (κ1) is 18.2. The van der Waals surface area contributed by atoms with Crippen molar-refractivity contribution in [1.29, 1.82) is 0 Å². The number of pyridine rings is 1. The molecule has 3 aromatic heterocycles. The van der Waals surface area contributed by atoms with Crippen LogP contribution in [0.15, 0.2) is 23.2 Å². The average molecular weight is 463 g/mol. The Balaban J connectivity index is 1.53. The Labute approximate surface area is 164 Å². The van der Waals surface area contributed by atoms with Crippen LogP contribution in [0.4, 0.5) is 24.8 Å². The van der Waals surface area contributed by atoms with Crippen LogP contribution in [0.2, 0.25) is 5.02 Å². The van der Waals surface area contributed by atoms with Gasteiger partial charge in [-0.3, -0.25) is 5.10 Å². The number of alkyl halides is 3. The number of H-pyrrole nitrogens is 1. The van der Waals surface area contributed by atoms with Gasteiger partial charge in [0.2, 0.25) is 0 Å². The summed E-state index contributed by atoms with van der Waals surface area (Å²) < 4.78 is 39.0. The van der Waals surface area contributed by atoms with Gasteiger partial charge in [-0.25, -0.2) is 15.0 Å². The minimum absolute atomic E-state index is 0.0136. The number of anilines is 2. The first-order chi connectivity index (χ1) is 12.8. The third-order valence-corrected chi connectivity index (χ3v) is 5.17. The zero-order valence-electron chi connectivity index (χ0n) is 13.6. The molecule has 0 aromatic carbocycles. The van der Waals surface area contributed by atoms with E-state index in [4.69, 9.17) is 11.6 Å². The second-order valence-corrected chi connectivity index (χ2v) is 7.13. The predicted octanol–water partition coefficient (Wildman–Crippen LogP) is 3.51. The summed E-state index contributed by atoms with van der Waals surface area (Å²) in [7, 11) is 0. The van der Waals surface area contributed by atoms with E-state index in [1.54, 1.807) is 0 Å². The summed E-state index contributed by atoms with van der Waals surface area (Å²) in [4.78, 5) is 16.3. The molecule has 0 unspecified atom stereocenters. The molecule has 0 atom stereocenters. The van der Waals surface area contributed by atoms with Crippen molar-refractivity contribution in [3.05, 3.63) is 33.8 Å². The lowest BCUT2D eigenvalue weighted by molar-refractivity contribution is -0.137. The molecule has 0 aliphatic carbocycles. The van der Waals surface area contributed by atoms with Crippen LogP contribution in [-0.4, -0.2) is 51.3 Å². The van der Waals surface area contributed by atoms with Gasteiger partial charge >= 0.3 is 6.18 Å². The van der Waals surface area contributed by atoms with Crippen LogP contribution < -0.4 is 9.80 Å². The molecule has 1 fully saturated rings. The van der Waals surface area contributed by atoms with Crippen LogP contribution in [0.1, 0.15) is 5.56 Å². The van der Waals surface area contributed by atoms with Gasteiger partial charge in [-0.2, -0.15) is 18.3 Å². The Morgan fingerprint density at radius 1 is 1.04 bits per heavy atom. The number of rotatable bonds is 2. The Bertz CT molecular complexity index is 985. The highest BCUT2D eigenvalue weighted by molar-refractivity contribution is 9.10. The summed E-state index contributed by atoms with van der Waals surface area (Å²) in [5.41, 5.74) is -0.301. The van der Waals surface area contributed by atoms with Crippen LogP contribution in [0.5, 0.6) is 0 Å². The van der Waals surface area contributed by atoms with E-state index in [2.05, 4.69) is 46.0 Å². The van der Waals surface area contributed by atoms with E-state index < -0.39 is 11.7 Å². The van der Waals surface area contributed by atoms with E-state index in [0.717, 1.165) is 23.5 Å². The normalized spacial score (nSPS) is 15.6. The number of nitrogens with one attached hydrogen (secondary N) is 1. The summed E-state index contributed by atoms with van der Waals surface area (Å²) >= 11 is 9.46. The van der Waals surface area contributed by atoms with Crippen molar-refractivity contribution < 1.29 is 13.2 Å². The number of aromatic nitrogens is 5. The number of fused-ring (bicyclic) bond motifs is 1. The molecule has 3 aromatic rings. The Kier molecular flexibility index (Phi) is 4.58. The molecule has 4 heterocycles. The van der Waals surface area contributed by atoms with Crippen molar-refractivity contribution in [3.8, 4) is 0 Å². The maximum absolute atomic E-state index is 12.8. The molecule has 142 valence electrons. The zero-order valence-corrected chi connectivity index (χ0v) is 16.0. The van der Waals surface area contributed by atoms with Crippen LogP contribution in [0.3, 0.4) is 0 Å². The van der Waals surface area contributed by atoms with Crippen LogP contribution in [-0.2, 0) is 6.18 Å². The van der Waals surface area contributed by atoms with Gasteiger partial charge in [0.05, 0.1) is 16.0 Å². The second kappa shape index (κ2) is 6.79. The fourth-order valence-corrected chi connectivity index (χ4v) is 3.72. The molecular weight excluding hydrogens is 451 g/mol. The molecule has 0 saturated carbocycles.